The van der Waals surface area contributed by atoms with Crippen molar-refractivity contribution in [3.05, 3.63) is 48.4 Å². The van der Waals surface area contributed by atoms with Crippen LogP contribution in [0.3, 0.4) is 0 Å². The quantitative estimate of drug-likeness (QED) is 0.779. The first kappa shape index (κ1) is 13.4. The molecule has 108 valence electrons. The lowest BCUT2D eigenvalue weighted by Gasteiger charge is -2.11. The summed E-state index contributed by atoms with van der Waals surface area (Å²) >= 11 is 0. The van der Waals surface area contributed by atoms with Crippen molar-refractivity contribution in [3.8, 4) is 11.5 Å². The van der Waals surface area contributed by atoms with Gasteiger partial charge >= 0.3 is 0 Å². The summed E-state index contributed by atoms with van der Waals surface area (Å²) in [4.78, 5) is 4.36. The molecule has 0 amide bonds. The second-order valence-electron chi connectivity index (χ2n) is 4.76. The minimum absolute atomic E-state index is 0.533. The summed E-state index contributed by atoms with van der Waals surface area (Å²) in [6.07, 6.45) is 5.15. The fraction of sp³-hybridized carbons (Fsp3) is 0.267. The normalized spacial score (nSPS) is 10.8. The Kier molecular flexibility index (Phi) is 3.68. The summed E-state index contributed by atoms with van der Waals surface area (Å²) in [7, 11) is 0. The Morgan fingerprint density at radius 3 is 2.95 bits per heavy atom. The third kappa shape index (κ3) is 2.79. The van der Waals surface area contributed by atoms with E-state index < -0.39 is 0 Å². The number of aryl methyl sites for hydroxylation is 2. The lowest BCUT2D eigenvalue weighted by molar-refractivity contribution is 0.568. The molecular formula is C15H17N5O. The Labute approximate surface area is 122 Å². The minimum atomic E-state index is 0.533. The number of hydrogen-bond donors (Lipinski definition) is 1. The summed E-state index contributed by atoms with van der Waals surface area (Å²) in [6.45, 7) is 5.78. The molecule has 0 aliphatic rings. The van der Waals surface area contributed by atoms with Crippen molar-refractivity contribution in [3.63, 3.8) is 0 Å². The molecule has 0 aliphatic carbocycles. The Balaban J connectivity index is 1.74. The zero-order chi connectivity index (χ0) is 14.7. The van der Waals surface area contributed by atoms with Crippen molar-refractivity contribution in [2.75, 3.05) is 5.32 Å². The monoisotopic (exact) mass is 283 g/mol. The molecule has 0 saturated heterocycles. The van der Waals surface area contributed by atoms with Gasteiger partial charge in [-0.2, -0.15) is 0 Å². The first-order valence-electron chi connectivity index (χ1n) is 6.89. The minimum Gasteiger partial charge on any atom is -0.423 e. The number of hydrogen-bond acceptors (Lipinski definition) is 5. The van der Waals surface area contributed by atoms with Crippen LogP contribution >= 0.6 is 0 Å². The van der Waals surface area contributed by atoms with Gasteiger partial charge in [0.15, 0.2) is 0 Å². The van der Waals surface area contributed by atoms with Gasteiger partial charge in [-0.25, -0.2) is 4.98 Å². The standard InChI is InChI=1S/C15H17N5O/c1-3-20-7-6-16-14(20)9-17-13-5-4-12(8-11(13)2)15-19-18-10-21-15/h4-8,10,17H,3,9H2,1-2H3. The number of nitrogens with zero attached hydrogens (tertiary/aromatic N) is 4. The van der Waals surface area contributed by atoms with Crippen molar-refractivity contribution in [2.24, 2.45) is 0 Å². The Morgan fingerprint density at radius 1 is 1.33 bits per heavy atom. The molecule has 6 nitrogen and oxygen atoms in total. The maximum absolute atomic E-state index is 5.21. The second kappa shape index (κ2) is 5.78. The van der Waals surface area contributed by atoms with Crippen LogP contribution in [0.15, 0.2) is 41.4 Å². The number of rotatable bonds is 5. The zero-order valence-electron chi connectivity index (χ0n) is 12.1. The van der Waals surface area contributed by atoms with E-state index in [0.717, 1.165) is 29.2 Å². The first-order valence-corrected chi connectivity index (χ1v) is 6.89. The van der Waals surface area contributed by atoms with E-state index in [2.05, 4.69) is 38.9 Å². The number of aromatic nitrogens is 4. The van der Waals surface area contributed by atoms with Crippen LogP contribution < -0.4 is 5.32 Å². The molecule has 0 saturated carbocycles. The fourth-order valence-electron chi connectivity index (χ4n) is 2.26. The van der Waals surface area contributed by atoms with Gasteiger partial charge in [0.2, 0.25) is 12.3 Å². The molecule has 3 aromatic rings. The lowest BCUT2D eigenvalue weighted by atomic mass is 10.1. The van der Waals surface area contributed by atoms with Crippen LogP contribution in [0.4, 0.5) is 5.69 Å². The molecule has 0 spiro atoms. The Hall–Kier alpha value is -2.63. The van der Waals surface area contributed by atoms with Crippen LogP contribution in [0.1, 0.15) is 18.3 Å². The molecule has 0 radical (unpaired) electrons. The second-order valence-corrected chi connectivity index (χ2v) is 4.76. The molecular weight excluding hydrogens is 266 g/mol. The number of anilines is 1. The number of nitrogens with one attached hydrogen (secondary N) is 1. The molecule has 1 N–H and O–H groups in total. The average molecular weight is 283 g/mol. The predicted octanol–water partition coefficient (Wildman–Crippen LogP) is 2.87. The molecule has 0 aliphatic heterocycles. The van der Waals surface area contributed by atoms with Gasteiger partial charge in [-0.05, 0) is 37.6 Å². The van der Waals surface area contributed by atoms with Crippen LogP contribution in [-0.2, 0) is 13.1 Å². The summed E-state index contributed by atoms with van der Waals surface area (Å²) in [6, 6.07) is 6.02. The van der Waals surface area contributed by atoms with Crippen LogP contribution in [0.25, 0.3) is 11.5 Å². The maximum Gasteiger partial charge on any atom is 0.247 e. The molecule has 1 aromatic carbocycles. The molecule has 0 unspecified atom stereocenters. The van der Waals surface area contributed by atoms with E-state index >= 15 is 0 Å². The SMILES string of the molecule is CCn1ccnc1CNc1ccc(-c2nnco2)cc1C. The molecule has 0 fully saturated rings. The predicted molar refractivity (Wildman–Crippen MR) is 79.7 cm³/mol. The van der Waals surface area contributed by atoms with E-state index in [4.69, 9.17) is 4.42 Å². The van der Waals surface area contributed by atoms with Crippen molar-refractivity contribution in [2.45, 2.75) is 26.9 Å². The molecule has 0 bridgehead atoms. The van der Waals surface area contributed by atoms with E-state index in [0.29, 0.717) is 12.4 Å². The van der Waals surface area contributed by atoms with Gasteiger partial charge in [0.05, 0.1) is 6.54 Å². The Morgan fingerprint density at radius 2 is 2.24 bits per heavy atom. The molecule has 3 rings (SSSR count). The summed E-state index contributed by atoms with van der Waals surface area (Å²) in [5.41, 5.74) is 3.12. The zero-order valence-corrected chi connectivity index (χ0v) is 12.1. The number of imidazole rings is 1. The lowest BCUT2D eigenvalue weighted by Crippen LogP contribution is -2.08. The van der Waals surface area contributed by atoms with Gasteiger partial charge < -0.3 is 14.3 Å². The summed E-state index contributed by atoms with van der Waals surface area (Å²) in [5.74, 6) is 1.56. The highest BCUT2D eigenvalue weighted by Crippen LogP contribution is 2.23. The smallest absolute Gasteiger partial charge is 0.247 e. The highest BCUT2D eigenvalue weighted by molar-refractivity contribution is 5.62. The third-order valence-corrected chi connectivity index (χ3v) is 3.41. The molecule has 2 heterocycles. The van der Waals surface area contributed by atoms with Crippen LogP contribution in [0.5, 0.6) is 0 Å². The summed E-state index contributed by atoms with van der Waals surface area (Å²) < 4.78 is 7.33. The van der Waals surface area contributed by atoms with Gasteiger partial charge in [-0.15, -0.1) is 10.2 Å². The fourth-order valence-corrected chi connectivity index (χ4v) is 2.26. The first-order chi connectivity index (χ1) is 10.3. The Bertz CT molecular complexity index is 718. The van der Waals surface area contributed by atoms with Gasteiger partial charge in [0.25, 0.3) is 0 Å². The largest absolute Gasteiger partial charge is 0.423 e. The van der Waals surface area contributed by atoms with E-state index in [9.17, 15) is 0 Å². The summed E-state index contributed by atoms with van der Waals surface area (Å²) in [5, 5.41) is 11.0. The highest BCUT2D eigenvalue weighted by Gasteiger charge is 2.07. The van der Waals surface area contributed by atoms with Crippen LogP contribution in [0.2, 0.25) is 0 Å². The maximum atomic E-state index is 5.21. The van der Waals surface area contributed by atoms with Crippen molar-refractivity contribution in [1.29, 1.82) is 0 Å². The van der Waals surface area contributed by atoms with Gasteiger partial charge in [0, 0.05) is 30.2 Å². The third-order valence-electron chi connectivity index (χ3n) is 3.41. The van der Waals surface area contributed by atoms with Gasteiger partial charge in [0.1, 0.15) is 5.82 Å². The van der Waals surface area contributed by atoms with Crippen molar-refractivity contribution < 1.29 is 4.42 Å². The van der Waals surface area contributed by atoms with E-state index in [1.54, 1.807) is 0 Å². The van der Waals surface area contributed by atoms with E-state index in [1.165, 1.54) is 6.39 Å². The molecule has 0 atom stereocenters. The van der Waals surface area contributed by atoms with Gasteiger partial charge in [-0.3, -0.25) is 0 Å². The average Bonchev–Trinajstić information content (AvgIpc) is 3.17. The van der Waals surface area contributed by atoms with Gasteiger partial charge in [-0.1, -0.05) is 0 Å². The molecule has 6 heteroatoms. The highest BCUT2D eigenvalue weighted by atomic mass is 16.4. The van der Waals surface area contributed by atoms with E-state index in [-0.39, 0.29) is 0 Å². The van der Waals surface area contributed by atoms with Crippen LogP contribution in [0, 0.1) is 6.92 Å². The topological polar surface area (TPSA) is 68.8 Å². The van der Waals surface area contributed by atoms with E-state index in [1.807, 2.05) is 30.6 Å². The molecule has 21 heavy (non-hydrogen) atoms. The van der Waals surface area contributed by atoms with Crippen molar-refractivity contribution in [1.82, 2.24) is 19.7 Å². The number of benzene rings is 1. The van der Waals surface area contributed by atoms with Crippen molar-refractivity contribution >= 4 is 5.69 Å². The van der Waals surface area contributed by atoms with Crippen LogP contribution in [-0.4, -0.2) is 19.7 Å². The molecule has 2 aromatic heterocycles.